The number of rotatable bonds is 5. The molecule has 0 unspecified atom stereocenters. The van der Waals surface area contributed by atoms with E-state index in [1.807, 2.05) is 13.1 Å². The third-order valence-electron chi connectivity index (χ3n) is 4.57. The first-order valence-corrected chi connectivity index (χ1v) is 9.13. The SMILES string of the molecule is COc1nc(NC2CCNCC2)ncc1C(=O)Nc1cn2cc(C)nc2cn1. The number of methoxy groups -OCH3 is 1. The lowest BCUT2D eigenvalue weighted by molar-refractivity contribution is 0.102. The zero-order valence-electron chi connectivity index (χ0n) is 15.8. The molecule has 0 spiro atoms. The Labute approximate surface area is 161 Å². The van der Waals surface area contributed by atoms with Gasteiger partial charge in [0.25, 0.3) is 5.91 Å². The maximum absolute atomic E-state index is 12.7. The first kappa shape index (κ1) is 18.1. The highest BCUT2D eigenvalue weighted by atomic mass is 16.5. The fourth-order valence-corrected chi connectivity index (χ4v) is 3.17. The second-order valence-corrected chi connectivity index (χ2v) is 6.66. The summed E-state index contributed by atoms with van der Waals surface area (Å²) in [5, 5.41) is 9.36. The van der Waals surface area contributed by atoms with E-state index in [0.717, 1.165) is 31.6 Å². The predicted octanol–water partition coefficient (Wildman–Crippen LogP) is 1.25. The number of imidazole rings is 1. The van der Waals surface area contributed by atoms with Crippen molar-refractivity contribution in [3.05, 3.63) is 36.0 Å². The lowest BCUT2D eigenvalue weighted by atomic mass is 10.1. The smallest absolute Gasteiger partial charge is 0.263 e. The van der Waals surface area contributed by atoms with Crippen LogP contribution in [0.25, 0.3) is 5.65 Å². The van der Waals surface area contributed by atoms with Gasteiger partial charge in [-0.05, 0) is 32.9 Å². The molecule has 3 N–H and O–H groups in total. The van der Waals surface area contributed by atoms with Crippen molar-refractivity contribution in [2.45, 2.75) is 25.8 Å². The van der Waals surface area contributed by atoms with Crippen molar-refractivity contribution in [1.29, 1.82) is 0 Å². The summed E-state index contributed by atoms with van der Waals surface area (Å²) in [5.74, 6) is 0.667. The van der Waals surface area contributed by atoms with Gasteiger partial charge in [0.1, 0.15) is 11.4 Å². The number of nitrogens with zero attached hydrogens (tertiary/aromatic N) is 5. The van der Waals surface area contributed by atoms with Gasteiger partial charge >= 0.3 is 0 Å². The minimum absolute atomic E-state index is 0.212. The fraction of sp³-hybridized carbons (Fsp3) is 0.389. The third-order valence-corrected chi connectivity index (χ3v) is 4.57. The highest BCUT2D eigenvalue weighted by molar-refractivity contribution is 6.05. The molecule has 10 heteroatoms. The van der Waals surface area contributed by atoms with Gasteiger partial charge in [-0.15, -0.1) is 0 Å². The maximum Gasteiger partial charge on any atom is 0.263 e. The van der Waals surface area contributed by atoms with E-state index in [-0.39, 0.29) is 11.4 Å². The normalized spacial score (nSPS) is 14.8. The molecule has 1 saturated heterocycles. The third kappa shape index (κ3) is 3.86. The van der Waals surface area contributed by atoms with E-state index in [9.17, 15) is 4.79 Å². The lowest BCUT2D eigenvalue weighted by Gasteiger charge is -2.23. The number of piperidine rings is 1. The van der Waals surface area contributed by atoms with Gasteiger partial charge in [0.15, 0.2) is 5.65 Å². The highest BCUT2D eigenvalue weighted by Crippen LogP contribution is 2.19. The van der Waals surface area contributed by atoms with Crippen LogP contribution < -0.4 is 20.7 Å². The van der Waals surface area contributed by atoms with E-state index in [2.05, 4.69) is 35.9 Å². The molecule has 1 fully saturated rings. The van der Waals surface area contributed by atoms with Crippen LogP contribution in [0.3, 0.4) is 0 Å². The summed E-state index contributed by atoms with van der Waals surface area (Å²) in [6, 6.07) is 0.306. The summed E-state index contributed by atoms with van der Waals surface area (Å²) >= 11 is 0. The minimum Gasteiger partial charge on any atom is -0.480 e. The maximum atomic E-state index is 12.7. The Hall–Kier alpha value is -3.27. The molecule has 0 radical (unpaired) electrons. The van der Waals surface area contributed by atoms with Crippen molar-refractivity contribution in [3.63, 3.8) is 0 Å². The van der Waals surface area contributed by atoms with Crippen LogP contribution in [0.1, 0.15) is 28.9 Å². The number of carbonyl (C=O) groups excluding carboxylic acids is 1. The van der Waals surface area contributed by atoms with Crippen molar-refractivity contribution in [2.75, 3.05) is 30.8 Å². The van der Waals surface area contributed by atoms with E-state index in [1.54, 1.807) is 16.8 Å². The molecule has 4 heterocycles. The van der Waals surface area contributed by atoms with Crippen LogP contribution in [0.2, 0.25) is 0 Å². The molecule has 146 valence electrons. The van der Waals surface area contributed by atoms with Gasteiger partial charge in [0.2, 0.25) is 11.8 Å². The molecule has 3 aromatic rings. The Bertz CT molecular complexity index is 996. The summed E-state index contributed by atoms with van der Waals surface area (Å²) in [6.45, 7) is 3.82. The van der Waals surface area contributed by atoms with Crippen LogP contribution in [0.4, 0.5) is 11.8 Å². The van der Waals surface area contributed by atoms with Gasteiger partial charge in [-0.25, -0.2) is 15.0 Å². The summed E-state index contributed by atoms with van der Waals surface area (Å²) < 4.78 is 7.11. The molecule has 10 nitrogen and oxygen atoms in total. The van der Waals surface area contributed by atoms with Gasteiger partial charge in [0, 0.05) is 18.4 Å². The number of ether oxygens (including phenoxy) is 1. The molecular weight excluding hydrogens is 360 g/mol. The summed E-state index contributed by atoms with van der Waals surface area (Å²) in [6.07, 6.45) is 8.61. The van der Waals surface area contributed by atoms with Crippen LogP contribution in [0.15, 0.2) is 24.8 Å². The van der Waals surface area contributed by atoms with Crippen LogP contribution in [-0.2, 0) is 0 Å². The van der Waals surface area contributed by atoms with Gasteiger partial charge in [-0.2, -0.15) is 4.98 Å². The lowest BCUT2D eigenvalue weighted by Crippen LogP contribution is -2.35. The van der Waals surface area contributed by atoms with Gasteiger partial charge in [-0.1, -0.05) is 0 Å². The average molecular weight is 382 g/mol. The molecule has 0 aliphatic carbocycles. The van der Waals surface area contributed by atoms with Crippen molar-refractivity contribution >= 4 is 23.3 Å². The number of aryl methyl sites for hydroxylation is 1. The number of amides is 1. The molecule has 28 heavy (non-hydrogen) atoms. The molecular formula is C18H22N8O2. The van der Waals surface area contributed by atoms with Crippen molar-refractivity contribution < 1.29 is 9.53 Å². The summed E-state index contributed by atoms with van der Waals surface area (Å²) in [5.41, 5.74) is 1.82. The number of fused-ring (bicyclic) bond motifs is 1. The summed E-state index contributed by atoms with van der Waals surface area (Å²) in [4.78, 5) is 29.8. The van der Waals surface area contributed by atoms with Crippen LogP contribution in [-0.4, -0.2) is 56.5 Å². The van der Waals surface area contributed by atoms with E-state index >= 15 is 0 Å². The molecule has 4 rings (SSSR count). The molecule has 0 saturated carbocycles. The van der Waals surface area contributed by atoms with E-state index < -0.39 is 5.91 Å². The van der Waals surface area contributed by atoms with E-state index in [4.69, 9.17) is 4.74 Å². The van der Waals surface area contributed by atoms with Crippen molar-refractivity contribution in [3.8, 4) is 5.88 Å². The Balaban J connectivity index is 1.50. The zero-order valence-corrected chi connectivity index (χ0v) is 15.8. The number of anilines is 2. The number of carbonyl (C=O) groups is 1. The van der Waals surface area contributed by atoms with Crippen LogP contribution >= 0.6 is 0 Å². The molecule has 1 amide bonds. The first-order chi connectivity index (χ1) is 13.6. The van der Waals surface area contributed by atoms with E-state index in [0.29, 0.717) is 23.5 Å². The zero-order chi connectivity index (χ0) is 19.5. The second-order valence-electron chi connectivity index (χ2n) is 6.66. The average Bonchev–Trinajstić information content (AvgIpc) is 3.08. The largest absolute Gasteiger partial charge is 0.480 e. The Morgan fingerprint density at radius 3 is 2.82 bits per heavy atom. The number of hydrogen-bond donors (Lipinski definition) is 3. The predicted molar refractivity (Wildman–Crippen MR) is 104 cm³/mol. The fourth-order valence-electron chi connectivity index (χ4n) is 3.17. The van der Waals surface area contributed by atoms with Crippen LogP contribution in [0, 0.1) is 6.92 Å². The second kappa shape index (κ2) is 7.77. The molecule has 1 aliphatic heterocycles. The van der Waals surface area contributed by atoms with Gasteiger partial charge < -0.3 is 25.1 Å². The first-order valence-electron chi connectivity index (χ1n) is 9.13. The highest BCUT2D eigenvalue weighted by Gasteiger charge is 2.19. The molecule has 0 aromatic carbocycles. The number of nitrogens with one attached hydrogen (secondary N) is 3. The summed E-state index contributed by atoms with van der Waals surface area (Å²) in [7, 11) is 1.48. The molecule has 0 atom stereocenters. The van der Waals surface area contributed by atoms with Crippen molar-refractivity contribution in [2.24, 2.45) is 0 Å². The topological polar surface area (TPSA) is 118 Å². The Kier molecular flexibility index (Phi) is 5.02. The quantitative estimate of drug-likeness (QED) is 0.603. The van der Waals surface area contributed by atoms with E-state index in [1.165, 1.54) is 13.3 Å². The van der Waals surface area contributed by atoms with Crippen molar-refractivity contribution in [1.82, 2.24) is 29.7 Å². The molecule has 1 aliphatic rings. The molecule has 0 bridgehead atoms. The Morgan fingerprint density at radius 2 is 2.04 bits per heavy atom. The van der Waals surface area contributed by atoms with Gasteiger partial charge in [-0.3, -0.25) is 4.79 Å². The Morgan fingerprint density at radius 1 is 1.21 bits per heavy atom. The minimum atomic E-state index is -0.394. The number of aromatic nitrogens is 5. The van der Waals surface area contributed by atoms with Crippen LogP contribution in [0.5, 0.6) is 5.88 Å². The van der Waals surface area contributed by atoms with Gasteiger partial charge in [0.05, 0.1) is 25.2 Å². The monoisotopic (exact) mass is 382 g/mol. The standard InChI is InChI=1S/C18H22N8O2/c1-11-9-26-10-14(20-8-15(26)22-11)24-16(27)13-7-21-18(25-17(13)28-2)23-12-3-5-19-6-4-12/h7-10,12,19H,3-6H2,1-2H3,(H,24,27)(H,21,23,25). The molecule has 3 aromatic heterocycles. The number of hydrogen-bond acceptors (Lipinski definition) is 8.